The minimum Gasteiger partial charge on any atom is -0.472 e. The Labute approximate surface area is 311 Å². The summed E-state index contributed by atoms with van der Waals surface area (Å²) in [6.07, 6.45) is 1.94. The van der Waals surface area contributed by atoms with Gasteiger partial charge in [0.05, 0.1) is 12.5 Å². The number of carbonyl (C=O) groups excluding carboxylic acids is 4. The fourth-order valence-corrected chi connectivity index (χ4v) is 4.87. The Morgan fingerprint density at radius 3 is 1.51 bits per heavy atom. The maximum absolute atomic E-state index is 12.5. The smallest absolute Gasteiger partial charge is 0.412 e. The van der Waals surface area contributed by atoms with Crippen molar-refractivity contribution in [3.8, 4) is 11.3 Å². The van der Waals surface area contributed by atoms with Crippen LogP contribution in [0, 0.1) is 0 Å². The summed E-state index contributed by atoms with van der Waals surface area (Å²) in [6.45, 7) is 16.8. The lowest BCUT2D eigenvalue weighted by molar-refractivity contribution is 0.0624. The SMILES string of the molecule is CC(C)(C)OC(=O)Nc1ccc(NC(=O)c2ccc(C(C)(C)C)o2)cc1.CC(C)(C)OC(=O)Nc1ccc(NC(=O)c2snnc2-c2ccoc2)cc1. The predicted molar refractivity (Wildman–Crippen MR) is 204 cm³/mol. The summed E-state index contributed by atoms with van der Waals surface area (Å²) in [6, 6.07) is 18.6. The van der Waals surface area contributed by atoms with Crippen molar-refractivity contribution in [3.05, 3.63) is 95.7 Å². The summed E-state index contributed by atoms with van der Waals surface area (Å²) < 4.78 is 24.9. The van der Waals surface area contributed by atoms with E-state index >= 15 is 0 Å². The van der Waals surface area contributed by atoms with Gasteiger partial charge in [0.15, 0.2) is 5.76 Å². The highest BCUT2D eigenvalue weighted by Crippen LogP contribution is 2.27. The summed E-state index contributed by atoms with van der Waals surface area (Å²) in [5.41, 5.74) is 2.15. The van der Waals surface area contributed by atoms with E-state index in [0.29, 0.717) is 38.9 Å². The highest BCUT2D eigenvalue weighted by Gasteiger charge is 2.22. The number of ether oxygens (including phenoxy) is 2. The third kappa shape index (κ3) is 12.6. The third-order valence-electron chi connectivity index (χ3n) is 6.63. The molecule has 0 saturated carbocycles. The molecule has 4 amide bonds. The van der Waals surface area contributed by atoms with Gasteiger partial charge in [0.25, 0.3) is 11.8 Å². The van der Waals surface area contributed by atoms with Gasteiger partial charge in [-0.3, -0.25) is 20.2 Å². The fraction of sp³-hybridized carbons (Fsp3) is 0.316. The highest BCUT2D eigenvalue weighted by molar-refractivity contribution is 7.08. The van der Waals surface area contributed by atoms with Crippen LogP contribution in [0.15, 0.2) is 88.1 Å². The van der Waals surface area contributed by atoms with E-state index in [1.54, 1.807) is 102 Å². The van der Waals surface area contributed by atoms with Crippen LogP contribution in [0.1, 0.15) is 88.3 Å². The first-order chi connectivity index (χ1) is 24.8. The highest BCUT2D eigenvalue weighted by atomic mass is 32.1. The van der Waals surface area contributed by atoms with Gasteiger partial charge in [-0.05, 0) is 120 Å². The molecule has 280 valence electrons. The Morgan fingerprint density at radius 2 is 1.09 bits per heavy atom. The van der Waals surface area contributed by atoms with Gasteiger partial charge in [-0.1, -0.05) is 25.3 Å². The zero-order valence-corrected chi connectivity index (χ0v) is 31.9. The molecular weight excluding hydrogens is 701 g/mol. The largest absolute Gasteiger partial charge is 0.472 e. The van der Waals surface area contributed by atoms with Crippen LogP contribution >= 0.6 is 11.5 Å². The van der Waals surface area contributed by atoms with E-state index < -0.39 is 23.4 Å². The van der Waals surface area contributed by atoms with E-state index in [-0.39, 0.29) is 23.0 Å². The number of rotatable bonds is 7. The Balaban J connectivity index is 0.000000237. The topological polar surface area (TPSA) is 187 Å². The molecule has 0 aliphatic rings. The number of nitrogens with zero attached hydrogens (tertiary/aromatic N) is 2. The van der Waals surface area contributed by atoms with E-state index in [0.717, 1.165) is 17.3 Å². The summed E-state index contributed by atoms with van der Waals surface area (Å²) in [7, 11) is 0. The van der Waals surface area contributed by atoms with Gasteiger partial charge in [-0.2, -0.15) is 0 Å². The lowest BCUT2D eigenvalue weighted by atomic mass is 9.94. The molecule has 0 aliphatic heterocycles. The molecule has 2 aromatic carbocycles. The third-order valence-corrected chi connectivity index (χ3v) is 7.36. The van der Waals surface area contributed by atoms with Crippen LogP contribution < -0.4 is 21.3 Å². The molecule has 0 radical (unpaired) electrons. The van der Waals surface area contributed by atoms with Crippen molar-refractivity contribution >= 4 is 58.3 Å². The van der Waals surface area contributed by atoms with E-state index in [1.165, 1.54) is 12.5 Å². The monoisotopic (exact) mass is 744 g/mol. The van der Waals surface area contributed by atoms with Crippen LogP contribution in [-0.2, 0) is 14.9 Å². The molecule has 4 N–H and O–H groups in total. The van der Waals surface area contributed by atoms with Crippen LogP contribution in [-0.4, -0.2) is 44.8 Å². The first kappa shape index (κ1) is 39.8. The Bertz CT molecular complexity index is 2000. The fourth-order valence-electron chi connectivity index (χ4n) is 4.29. The average Bonchev–Trinajstić information content (AvgIpc) is 3.83. The lowest BCUT2D eigenvalue weighted by Crippen LogP contribution is -2.27. The standard InChI is InChI=1S/C20H26N2O4.C18H18N4O4S/c1-19(2,3)16-12-11-15(25-16)17(23)21-13-7-9-14(10-8-13)22-18(24)26-20(4,5)6;1-18(2,3)26-17(24)20-13-6-4-12(5-7-13)19-16(23)15-14(21-22-27-15)11-8-9-25-10-11/h7-12H,1-6H3,(H,21,23)(H,22,24);4-10H,1-3H3,(H,19,23)(H,20,24). The van der Waals surface area contributed by atoms with E-state index in [1.807, 2.05) is 26.8 Å². The normalized spacial score (nSPS) is 11.4. The second-order valence-electron chi connectivity index (χ2n) is 14.7. The van der Waals surface area contributed by atoms with Gasteiger partial charge in [0, 0.05) is 33.7 Å². The van der Waals surface area contributed by atoms with Crippen molar-refractivity contribution in [2.75, 3.05) is 21.3 Å². The molecule has 0 bridgehead atoms. The first-order valence-corrected chi connectivity index (χ1v) is 17.3. The Morgan fingerprint density at radius 1 is 0.623 bits per heavy atom. The molecule has 0 unspecified atom stereocenters. The van der Waals surface area contributed by atoms with Gasteiger partial charge in [-0.15, -0.1) is 5.10 Å². The Hall–Kier alpha value is -5.96. The van der Waals surface area contributed by atoms with E-state index in [4.69, 9.17) is 18.3 Å². The van der Waals surface area contributed by atoms with Gasteiger partial charge < -0.3 is 28.9 Å². The van der Waals surface area contributed by atoms with E-state index in [2.05, 4.69) is 30.9 Å². The second-order valence-corrected chi connectivity index (χ2v) is 15.4. The molecule has 14 nitrogen and oxygen atoms in total. The molecule has 3 aromatic heterocycles. The minimum atomic E-state index is -0.576. The second kappa shape index (κ2) is 16.6. The van der Waals surface area contributed by atoms with Crippen LogP contribution in [0.4, 0.5) is 32.3 Å². The Kier molecular flexibility index (Phi) is 12.5. The maximum atomic E-state index is 12.5. The molecule has 15 heteroatoms. The number of nitrogens with one attached hydrogen (secondary N) is 4. The molecule has 5 aromatic rings. The van der Waals surface area contributed by atoms with Crippen molar-refractivity contribution in [3.63, 3.8) is 0 Å². The first-order valence-electron chi connectivity index (χ1n) is 16.5. The number of aromatic nitrogens is 2. The zero-order valence-electron chi connectivity index (χ0n) is 31.1. The number of anilines is 4. The minimum absolute atomic E-state index is 0.159. The molecular formula is C38H44N6O8S. The van der Waals surface area contributed by atoms with Crippen molar-refractivity contribution in [1.82, 2.24) is 9.59 Å². The summed E-state index contributed by atoms with van der Waals surface area (Å²) in [5, 5.41) is 14.8. The van der Waals surface area contributed by atoms with Crippen LogP contribution in [0.2, 0.25) is 0 Å². The van der Waals surface area contributed by atoms with Crippen LogP contribution in [0.5, 0.6) is 0 Å². The summed E-state index contributed by atoms with van der Waals surface area (Å²) in [5.74, 6) is 0.354. The maximum Gasteiger partial charge on any atom is 0.412 e. The van der Waals surface area contributed by atoms with Gasteiger partial charge in [0.1, 0.15) is 27.5 Å². The molecule has 0 fully saturated rings. The van der Waals surface area contributed by atoms with Gasteiger partial charge in [0.2, 0.25) is 0 Å². The van der Waals surface area contributed by atoms with Crippen molar-refractivity contribution in [2.24, 2.45) is 0 Å². The summed E-state index contributed by atoms with van der Waals surface area (Å²) in [4.78, 5) is 48.7. The number of benzene rings is 2. The molecule has 3 heterocycles. The summed E-state index contributed by atoms with van der Waals surface area (Å²) >= 11 is 1.00. The lowest BCUT2D eigenvalue weighted by Gasteiger charge is -2.19. The predicted octanol–water partition coefficient (Wildman–Crippen LogP) is 9.57. The molecule has 53 heavy (non-hydrogen) atoms. The number of hydrogen-bond donors (Lipinski definition) is 4. The molecule has 0 saturated heterocycles. The number of hydrogen-bond acceptors (Lipinski definition) is 11. The molecule has 5 rings (SSSR count). The molecule has 0 aliphatic carbocycles. The van der Waals surface area contributed by atoms with Crippen molar-refractivity contribution in [2.45, 2.75) is 78.9 Å². The van der Waals surface area contributed by atoms with Crippen LogP contribution in [0.3, 0.4) is 0 Å². The van der Waals surface area contributed by atoms with E-state index in [9.17, 15) is 19.2 Å². The number of carbonyl (C=O) groups is 4. The number of furan rings is 2. The quantitative estimate of drug-likeness (QED) is 0.125. The van der Waals surface area contributed by atoms with Gasteiger partial charge in [-0.25, -0.2) is 9.59 Å². The number of amides is 4. The average molecular weight is 745 g/mol. The zero-order chi connectivity index (χ0) is 39.0. The molecule has 0 spiro atoms. The molecule has 0 atom stereocenters. The van der Waals surface area contributed by atoms with Crippen molar-refractivity contribution < 1.29 is 37.5 Å². The van der Waals surface area contributed by atoms with Gasteiger partial charge >= 0.3 is 12.2 Å². The van der Waals surface area contributed by atoms with Crippen molar-refractivity contribution in [1.29, 1.82) is 0 Å². The van der Waals surface area contributed by atoms with Crippen LogP contribution in [0.25, 0.3) is 11.3 Å².